The number of aromatic nitrogens is 1. The topological polar surface area (TPSA) is 42.1 Å². The molecule has 0 aromatic carbocycles. The van der Waals surface area contributed by atoms with E-state index in [0.29, 0.717) is 12.6 Å². The van der Waals surface area contributed by atoms with Crippen LogP contribution in [0.25, 0.3) is 0 Å². The molecule has 3 nitrogen and oxygen atoms in total. The summed E-state index contributed by atoms with van der Waals surface area (Å²) in [6.45, 7) is 4.99. The Hall–Kier alpha value is -1.09. The predicted octanol–water partition coefficient (Wildman–Crippen LogP) is 2.17. The molecular weight excluding hydrogens is 186 g/mol. The molecule has 0 saturated heterocycles. The third-order valence-electron chi connectivity index (χ3n) is 2.90. The lowest BCUT2D eigenvalue weighted by Gasteiger charge is -2.27. The van der Waals surface area contributed by atoms with Crippen molar-refractivity contribution in [3.8, 4) is 0 Å². The summed E-state index contributed by atoms with van der Waals surface area (Å²) in [5, 5.41) is 0. The van der Waals surface area contributed by atoms with Gasteiger partial charge in [0, 0.05) is 25.8 Å². The Balaban J connectivity index is 2.84. The molecule has 0 aliphatic heterocycles. The molecular formula is C12H21N3. The standard InChI is InChI=1S/C12H21N3/c1-4-11(5-2)15(3)12-8-10(9-13)6-7-14-12/h6-8,11H,4-5,9,13H2,1-3H3. The molecule has 0 aliphatic rings. The van der Waals surface area contributed by atoms with Crippen molar-refractivity contribution in [1.82, 2.24) is 4.98 Å². The number of rotatable bonds is 5. The molecule has 1 aromatic rings. The van der Waals surface area contributed by atoms with E-state index in [4.69, 9.17) is 5.73 Å². The second kappa shape index (κ2) is 5.71. The van der Waals surface area contributed by atoms with Crippen LogP contribution in [0, 0.1) is 0 Å². The summed E-state index contributed by atoms with van der Waals surface area (Å²) >= 11 is 0. The Morgan fingerprint density at radius 1 is 1.40 bits per heavy atom. The Morgan fingerprint density at radius 3 is 2.60 bits per heavy atom. The van der Waals surface area contributed by atoms with Crippen LogP contribution < -0.4 is 10.6 Å². The van der Waals surface area contributed by atoms with Crippen LogP contribution in [0.15, 0.2) is 18.3 Å². The van der Waals surface area contributed by atoms with Crippen LogP contribution in [-0.4, -0.2) is 18.1 Å². The van der Waals surface area contributed by atoms with Crippen molar-refractivity contribution in [3.05, 3.63) is 23.9 Å². The van der Waals surface area contributed by atoms with E-state index < -0.39 is 0 Å². The lowest BCUT2D eigenvalue weighted by molar-refractivity contribution is 0.586. The van der Waals surface area contributed by atoms with Crippen molar-refractivity contribution in [2.45, 2.75) is 39.3 Å². The van der Waals surface area contributed by atoms with Gasteiger partial charge in [-0.05, 0) is 30.5 Å². The molecule has 15 heavy (non-hydrogen) atoms. The fourth-order valence-electron chi connectivity index (χ4n) is 1.80. The zero-order valence-electron chi connectivity index (χ0n) is 9.90. The van der Waals surface area contributed by atoms with Crippen LogP contribution >= 0.6 is 0 Å². The van der Waals surface area contributed by atoms with Crippen molar-refractivity contribution in [3.63, 3.8) is 0 Å². The Morgan fingerprint density at radius 2 is 2.07 bits per heavy atom. The van der Waals surface area contributed by atoms with Gasteiger partial charge in [0.2, 0.25) is 0 Å². The summed E-state index contributed by atoms with van der Waals surface area (Å²) < 4.78 is 0. The molecule has 0 aliphatic carbocycles. The van der Waals surface area contributed by atoms with Gasteiger partial charge in [-0.2, -0.15) is 0 Å². The Labute approximate surface area is 92.3 Å². The van der Waals surface area contributed by atoms with Crippen LogP contribution in [0.5, 0.6) is 0 Å². The van der Waals surface area contributed by atoms with Crippen LogP contribution in [0.3, 0.4) is 0 Å². The molecule has 1 aromatic heterocycles. The summed E-state index contributed by atoms with van der Waals surface area (Å²) in [5.41, 5.74) is 6.75. The third-order valence-corrected chi connectivity index (χ3v) is 2.90. The molecule has 0 fully saturated rings. The van der Waals surface area contributed by atoms with Gasteiger partial charge in [-0.1, -0.05) is 13.8 Å². The van der Waals surface area contributed by atoms with E-state index in [-0.39, 0.29) is 0 Å². The van der Waals surface area contributed by atoms with Gasteiger partial charge >= 0.3 is 0 Å². The van der Waals surface area contributed by atoms with Gasteiger partial charge in [0.05, 0.1) is 0 Å². The van der Waals surface area contributed by atoms with Gasteiger partial charge in [0.1, 0.15) is 5.82 Å². The van der Waals surface area contributed by atoms with Crippen LogP contribution in [0.2, 0.25) is 0 Å². The van der Waals surface area contributed by atoms with E-state index >= 15 is 0 Å². The SMILES string of the molecule is CCC(CC)N(C)c1cc(CN)ccn1. The molecule has 0 unspecified atom stereocenters. The maximum Gasteiger partial charge on any atom is 0.128 e. The number of nitrogens with zero attached hydrogens (tertiary/aromatic N) is 2. The van der Waals surface area contributed by atoms with Crippen molar-refractivity contribution in [2.24, 2.45) is 5.73 Å². The normalized spacial score (nSPS) is 10.7. The first kappa shape index (κ1) is 12.0. The van der Waals surface area contributed by atoms with Crippen molar-refractivity contribution in [1.29, 1.82) is 0 Å². The van der Waals surface area contributed by atoms with E-state index in [0.717, 1.165) is 24.2 Å². The van der Waals surface area contributed by atoms with Crippen LogP contribution in [0.1, 0.15) is 32.3 Å². The second-order valence-corrected chi connectivity index (χ2v) is 3.81. The van der Waals surface area contributed by atoms with Gasteiger partial charge in [-0.15, -0.1) is 0 Å². The zero-order valence-corrected chi connectivity index (χ0v) is 9.90. The van der Waals surface area contributed by atoms with Gasteiger partial charge in [-0.25, -0.2) is 4.98 Å². The number of pyridine rings is 1. The molecule has 0 amide bonds. The highest BCUT2D eigenvalue weighted by Gasteiger charge is 2.11. The van der Waals surface area contributed by atoms with Crippen LogP contribution in [-0.2, 0) is 6.54 Å². The van der Waals surface area contributed by atoms with E-state index in [2.05, 4.69) is 36.8 Å². The third kappa shape index (κ3) is 2.93. The van der Waals surface area contributed by atoms with Crippen molar-refractivity contribution >= 4 is 5.82 Å². The van der Waals surface area contributed by atoms with E-state index in [1.807, 2.05) is 12.3 Å². The highest BCUT2D eigenvalue weighted by Crippen LogP contribution is 2.16. The van der Waals surface area contributed by atoms with Gasteiger partial charge < -0.3 is 10.6 Å². The number of hydrogen-bond acceptors (Lipinski definition) is 3. The number of anilines is 1. The average molecular weight is 207 g/mol. The fourth-order valence-corrected chi connectivity index (χ4v) is 1.80. The molecule has 2 N–H and O–H groups in total. The fraction of sp³-hybridized carbons (Fsp3) is 0.583. The highest BCUT2D eigenvalue weighted by molar-refractivity contribution is 5.41. The lowest BCUT2D eigenvalue weighted by atomic mass is 10.1. The molecule has 0 saturated carbocycles. The molecule has 1 rings (SSSR count). The van der Waals surface area contributed by atoms with Gasteiger partial charge in [0.25, 0.3) is 0 Å². The Bertz CT molecular complexity index is 295. The largest absolute Gasteiger partial charge is 0.357 e. The lowest BCUT2D eigenvalue weighted by Crippen LogP contribution is -2.31. The minimum atomic E-state index is 0.561. The predicted molar refractivity (Wildman–Crippen MR) is 64.9 cm³/mol. The summed E-state index contributed by atoms with van der Waals surface area (Å²) in [7, 11) is 2.10. The maximum atomic E-state index is 5.61. The minimum absolute atomic E-state index is 0.561. The molecule has 1 heterocycles. The number of nitrogens with two attached hydrogens (primary N) is 1. The van der Waals surface area contributed by atoms with E-state index in [1.54, 1.807) is 0 Å². The Kier molecular flexibility index (Phi) is 4.56. The summed E-state index contributed by atoms with van der Waals surface area (Å²) in [6.07, 6.45) is 4.11. The first-order valence-electron chi connectivity index (χ1n) is 5.60. The van der Waals surface area contributed by atoms with Gasteiger partial charge in [0.15, 0.2) is 0 Å². The maximum absolute atomic E-state index is 5.61. The van der Waals surface area contributed by atoms with Crippen molar-refractivity contribution in [2.75, 3.05) is 11.9 Å². The molecule has 0 atom stereocenters. The number of hydrogen-bond donors (Lipinski definition) is 1. The smallest absolute Gasteiger partial charge is 0.128 e. The van der Waals surface area contributed by atoms with E-state index in [1.165, 1.54) is 0 Å². The summed E-state index contributed by atoms with van der Waals surface area (Å²) in [6, 6.07) is 4.59. The molecule has 84 valence electrons. The summed E-state index contributed by atoms with van der Waals surface area (Å²) in [4.78, 5) is 6.61. The quantitative estimate of drug-likeness (QED) is 0.804. The zero-order chi connectivity index (χ0) is 11.3. The van der Waals surface area contributed by atoms with Gasteiger partial charge in [-0.3, -0.25) is 0 Å². The van der Waals surface area contributed by atoms with E-state index in [9.17, 15) is 0 Å². The minimum Gasteiger partial charge on any atom is -0.357 e. The average Bonchev–Trinajstić information content (AvgIpc) is 2.30. The molecule has 0 radical (unpaired) electrons. The highest BCUT2D eigenvalue weighted by atomic mass is 15.2. The first-order valence-corrected chi connectivity index (χ1v) is 5.60. The van der Waals surface area contributed by atoms with Crippen LogP contribution in [0.4, 0.5) is 5.82 Å². The molecule has 0 bridgehead atoms. The molecule has 3 heteroatoms. The monoisotopic (exact) mass is 207 g/mol. The second-order valence-electron chi connectivity index (χ2n) is 3.81. The first-order chi connectivity index (χ1) is 7.22. The molecule has 0 spiro atoms. The summed E-state index contributed by atoms with van der Waals surface area (Å²) in [5.74, 6) is 1.02. The van der Waals surface area contributed by atoms with Crippen molar-refractivity contribution < 1.29 is 0 Å².